The van der Waals surface area contributed by atoms with E-state index < -0.39 is 0 Å². The van der Waals surface area contributed by atoms with Gasteiger partial charge in [0.2, 0.25) is 5.91 Å². The van der Waals surface area contributed by atoms with Gasteiger partial charge in [-0.25, -0.2) is 0 Å². The Bertz CT molecular complexity index is 795. The molecule has 1 saturated heterocycles. The zero-order valence-corrected chi connectivity index (χ0v) is 18.2. The van der Waals surface area contributed by atoms with E-state index in [0.717, 1.165) is 17.9 Å². The van der Waals surface area contributed by atoms with Crippen molar-refractivity contribution in [3.8, 4) is 0 Å². The molecule has 1 unspecified atom stereocenters. The van der Waals surface area contributed by atoms with E-state index in [0.29, 0.717) is 38.8 Å². The van der Waals surface area contributed by atoms with Crippen LogP contribution in [0, 0.1) is 0 Å². The Morgan fingerprint density at radius 1 is 1.07 bits per heavy atom. The van der Waals surface area contributed by atoms with E-state index >= 15 is 0 Å². The lowest BCUT2D eigenvalue weighted by Gasteiger charge is -2.31. The van der Waals surface area contributed by atoms with Crippen LogP contribution in [0.5, 0.6) is 0 Å². The SMILES string of the molecule is CN=C(NCCSc1ccccc1)NCC(C(=O)N1CCOCC1)c1ccccc1. The van der Waals surface area contributed by atoms with Gasteiger partial charge < -0.3 is 20.3 Å². The third kappa shape index (κ3) is 6.78. The van der Waals surface area contributed by atoms with E-state index in [1.165, 1.54) is 4.90 Å². The summed E-state index contributed by atoms with van der Waals surface area (Å²) in [6.45, 7) is 3.77. The van der Waals surface area contributed by atoms with E-state index in [4.69, 9.17) is 4.74 Å². The fraction of sp³-hybridized carbons (Fsp3) is 0.391. The van der Waals surface area contributed by atoms with Crippen LogP contribution in [-0.4, -0.2) is 69.0 Å². The monoisotopic (exact) mass is 426 g/mol. The molecule has 1 aliphatic rings. The van der Waals surface area contributed by atoms with Gasteiger partial charge in [0.1, 0.15) is 0 Å². The summed E-state index contributed by atoms with van der Waals surface area (Å²) in [5.74, 6) is 1.51. The van der Waals surface area contributed by atoms with Crippen LogP contribution in [0.25, 0.3) is 0 Å². The van der Waals surface area contributed by atoms with Crippen LogP contribution in [-0.2, 0) is 9.53 Å². The lowest BCUT2D eigenvalue weighted by Crippen LogP contribution is -2.47. The molecule has 2 aromatic carbocycles. The van der Waals surface area contributed by atoms with Gasteiger partial charge in [-0.3, -0.25) is 9.79 Å². The van der Waals surface area contributed by atoms with Gasteiger partial charge in [0.05, 0.1) is 19.1 Å². The Labute approximate surface area is 183 Å². The zero-order valence-electron chi connectivity index (χ0n) is 17.4. The van der Waals surface area contributed by atoms with Gasteiger partial charge in [-0.15, -0.1) is 11.8 Å². The molecule has 30 heavy (non-hydrogen) atoms. The van der Waals surface area contributed by atoms with Crippen molar-refractivity contribution in [2.45, 2.75) is 10.8 Å². The number of thioether (sulfide) groups is 1. The second-order valence-electron chi connectivity index (χ2n) is 6.94. The van der Waals surface area contributed by atoms with Crippen LogP contribution in [0.4, 0.5) is 0 Å². The molecule has 1 atom stereocenters. The van der Waals surface area contributed by atoms with Gasteiger partial charge >= 0.3 is 0 Å². The molecule has 1 aliphatic heterocycles. The van der Waals surface area contributed by atoms with Crippen molar-refractivity contribution in [3.05, 3.63) is 66.2 Å². The number of benzene rings is 2. The normalized spacial score (nSPS) is 15.5. The Morgan fingerprint density at radius 2 is 1.73 bits per heavy atom. The van der Waals surface area contributed by atoms with Crippen molar-refractivity contribution in [2.75, 3.05) is 52.2 Å². The highest BCUT2D eigenvalue weighted by Gasteiger charge is 2.27. The highest BCUT2D eigenvalue weighted by atomic mass is 32.2. The van der Waals surface area contributed by atoms with Crippen LogP contribution >= 0.6 is 11.8 Å². The molecule has 0 radical (unpaired) electrons. The second-order valence-corrected chi connectivity index (χ2v) is 8.11. The van der Waals surface area contributed by atoms with Crippen LogP contribution in [0.15, 0.2) is 70.6 Å². The molecule has 2 N–H and O–H groups in total. The van der Waals surface area contributed by atoms with E-state index in [-0.39, 0.29) is 11.8 Å². The average Bonchev–Trinajstić information content (AvgIpc) is 2.82. The molecule has 0 spiro atoms. The summed E-state index contributed by atoms with van der Waals surface area (Å²) < 4.78 is 5.40. The molecule has 1 amide bonds. The first-order chi connectivity index (χ1) is 14.8. The van der Waals surface area contributed by atoms with Crippen molar-refractivity contribution in [1.29, 1.82) is 0 Å². The number of hydrogen-bond donors (Lipinski definition) is 2. The molecular weight excluding hydrogens is 396 g/mol. The van der Waals surface area contributed by atoms with Crippen molar-refractivity contribution < 1.29 is 9.53 Å². The molecule has 6 nitrogen and oxygen atoms in total. The molecule has 0 saturated carbocycles. The fourth-order valence-corrected chi connectivity index (χ4v) is 4.10. The molecule has 0 aromatic heterocycles. The van der Waals surface area contributed by atoms with Crippen molar-refractivity contribution >= 4 is 23.6 Å². The maximum absolute atomic E-state index is 13.2. The summed E-state index contributed by atoms with van der Waals surface area (Å²) in [6.07, 6.45) is 0. The number of nitrogens with one attached hydrogen (secondary N) is 2. The first-order valence-corrected chi connectivity index (χ1v) is 11.3. The average molecular weight is 427 g/mol. The molecular formula is C23H30N4O2S. The second kappa shape index (κ2) is 12.2. The predicted molar refractivity (Wildman–Crippen MR) is 123 cm³/mol. The Kier molecular flexibility index (Phi) is 9.05. The van der Waals surface area contributed by atoms with Gasteiger partial charge in [-0.2, -0.15) is 0 Å². The molecule has 1 heterocycles. The smallest absolute Gasteiger partial charge is 0.232 e. The largest absolute Gasteiger partial charge is 0.378 e. The molecule has 2 aromatic rings. The number of guanidine groups is 1. The zero-order chi connectivity index (χ0) is 21.0. The van der Waals surface area contributed by atoms with E-state index in [9.17, 15) is 4.79 Å². The lowest BCUT2D eigenvalue weighted by atomic mass is 9.97. The van der Waals surface area contributed by atoms with E-state index in [1.54, 1.807) is 18.8 Å². The highest BCUT2D eigenvalue weighted by molar-refractivity contribution is 7.99. The third-order valence-corrected chi connectivity index (χ3v) is 5.94. The minimum atomic E-state index is -0.262. The van der Waals surface area contributed by atoms with Gasteiger partial charge in [-0.05, 0) is 17.7 Å². The van der Waals surface area contributed by atoms with Gasteiger partial charge in [-0.1, -0.05) is 48.5 Å². The predicted octanol–water partition coefficient (Wildman–Crippen LogP) is 2.59. The van der Waals surface area contributed by atoms with Crippen LogP contribution < -0.4 is 10.6 Å². The van der Waals surface area contributed by atoms with Crippen molar-refractivity contribution in [3.63, 3.8) is 0 Å². The third-order valence-electron chi connectivity index (χ3n) is 4.93. The topological polar surface area (TPSA) is 66.0 Å². The minimum Gasteiger partial charge on any atom is -0.378 e. The molecule has 1 fully saturated rings. The Morgan fingerprint density at radius 3 is 2.40 bits per heavy atom. The van der Waals surface area contributed by atoms with E-state index in [2.05, 4.69) is 27.8 Å². The number of morpholine rings is 1. The Hall–Kier alpha value is -2.51. The van der Waals surface area contributed by atoms with Gasteiger partial charge in [0.15, 0.2) is 5.96 Å². The molecule has 0 bridgehead atoms. The summed E-state index contributed by atoms with van der Waals surface area (Å²) in [7, 11) is 1.75. The van der Waals surface area contributed by atoms with Crippen LogP contribution in [0.1, 0.15) is 11.5 Å². The first-order valence-electron chi connectivity index (χ1n) is 10.3. The lowest BCUT2D eigenvalue weighted by molar-refractivity contribution is -0.136. The molecule has 7 heteroatoms. The summed E-state index contributed by atoms with van der Waals surface area (Å²) in [5.41, 5.74) is 1.01. The highest BCUT2D eigenvalue weighted by Crippen LogP contribution is 2.19. The standard InChI is InChI=1S/C23H30N4O2S/c1-24-23(25-12-17-30-20-10-6-3-7-11-20)26-18-21(19-8-4-2-5-9-19)22(28)27-13-15-29-16-14-27/h2-11,21H,12-18H2,1H3,(H2,24,25,26). The summed E-state index contributed by atoms with van der Waals surface area (Å²) in [4.78, 5) is 20.6. The number of rotatable bonds is 8. The van der Waals surface area contributed by atoms with Crippen molar-refractivity contribution in [2.24, 2.45) is 4.99 Å². The maximum Gasteiger partial charge on any atom is 0.232 e. The number of nitrogens with zero attached hydrogens (tertiary/aromatic N) is 2. The summed E-state index contributed by atoms with van der Waals surface area (Å²) in [5, 5.41) is 6.68. The van der Waals surface area contributed by atoms with Crippen molar-refractivity contribution in [1.82, 2.24) is 15.5 Å². The Balaban J connectivity index is 1.53. The number of amides is 1. The fourth-order valence-electron chi connectivity index (χ4n) is 3.31. The van der Waals surface area contributed by atoms with Crippen LogP contribution in [0.3, 0.4) is 0 Å². The molecule has 3 rings (SSSR count). The van der Waals surface area contributed by atoms with Gasteiger partial charge in [0, 0.05) is 43.9 Å². The minimum absolute atomic E-state index is 0.132. The van der Waals surface area contributed by atoms with Gasteiger partial charge in [0.25, 0.3) is 0 Å². The summed E-state index contributed by atoms with van der Waals surface area (Å²) in [6, 6.07) is 20.3. The van der Waals surface area contributed by atoms with Crippen LogP contribution in [0.2, 0.25) is 0 Å². The first kappa shape index (κ1) is 22.2. The number of hydrogen-bond acceptors (Lipinski definition) is 4. The molecule has 0 aliphatic carbocycles. The van der Waals surface area contributed by atoms with E-state index in [1.807, 2.05) is 53.4 Å². The number of aliphatic imine (C=N–C) groups is 1. The number of carbonyl (C=O) groups excluding carboxylic acids is 1. The number of ether oxygens (including phenoxy) is 1. The number of carbonyl (C=O) groups is 1. The summed E-state index contributed by atoms with van der Waals surface area (Å²) >= 11 is 1.80. The maximum atomic E-state index is 13.2. The quantitative estimate of drug-likeness (QED) is 0.294. The molecule has 160 valence electrons.